The van der Waals surface area contributed by atoms with Crippen molar-refractivity contribution >= 4 is 11.5 Å². The Balaban J connectivity index is 2.08. The summed E-state index contributed by atoms with van der Waals surface area (Å²) >= 11 is 1.61. The molecule has 1 saturated carbocycles. The molecular weight excluding hydrogens is 266 g/mol. The maximum atomic E-state index is 4.36. The van der Waals surface area contributed by atoms with Crippen LogP contribution in [0.5, 0.6) is 0 Å². The molecule has 0 saturated heterocycles. The summed E-state index contributed by atoms with van der Waals surface area (Å²) in [7, 11) is 0. The fraction of sp³-hybridized carbons (Fsp3) is 0.875. The van der Waals surface area contributed by atoms with Gasteiger partial charge in [-0.15, -0.1) is 5.10 Å². The first-order valence-corrected chi connectivity index (χ1v) is 9.11. The van der Waals surface area contributed by atoms with E-state index in [4.69, 9.17) is 0 Å². The topological polar surface area (TPSA) is 37.8 Å². The lowest BCUT2D eigenvalue weighted by Gasteiger charge is -2.33. The van der Waals surface area contributed by atoms with E-state index in [0.29, 0.717) is 6.04 Å². The van der Waals surface area contributed by atoms with Gasteiger partial charge in [-0.3, -0.25) is 0 Å². The third-order valence-corrected chi connectivity index (χ3v) is 5.57. The van der Waals surface area contributed by atoms with Crippen molar-refractivity contribution in [2.75, 3.05) is 6.54 Å². The van der Waals surface area contributed by atoms with Gasteiger partial charge in [0.2, 0.25) is 0 Å². The van der Waals surface area contributed by atoms with Crippen molar-refractivity contribution in [1.82, 2.24) is 14.9 Å². The van der Waals surface area contributed by atoms with E-state index in [9.17, 15) is 0 Å². The average Bonchev–Trinajstić information content (AvgIpc) is 2.93. The van der Waals surface area contributed by atoms with Crippen molar-refractivity contribution in [2.45, 2.75) is 71.8 Å². The molecule has 4 heteroatoms. The Labute approximate surface area is 127 Å². The number of nitrogens with one attached hydrogen (secondary N) is 1. The number of hydrogen-bond acceptors (Lipinski definition) is 4. The normalized spacial score (nSPS) is 24.8. The van der Waals surface area contributed by atoms with Crippen LogP contribution < -0.4 is 5.32 Å². The number of aromatic nitrogens is 2. The molecule has 114 valence electrons. The minimum absolute atomic E-state index is 0.486. The molecule has 0 bridgehead atoms. The van der Waals surface area contributed by atoms with E-state index in [2.05, 4.69) is 35.7 Å². The Kier molecular flexibility index (Phi) is 6.43. The predicted molar refractivity (Wildman–Crippen MR) is 86.1 cm³/mol. The minimum atomic E-state index is 0.486. The van der Waals surface area contributed by atoms with Gasteiger partial charge in [0.15, 0.2) is 0 Å². The zero-order valence-corrected chi connectivity index (χ0v) is 14.0. The Hall–Kier alpha value is -0.480. The van der Waals surface area contributed by atoms with E-state index in [1.54, 1.807) is 11.5 Å². The van der Waals surface area contributed by atoms with E-state index in [-0.39, 0.29) is 0 Å². The highest BCUT2D eigenvalue weighted by atomic mass is 32.1. The molecule has 0 amide bonds. The summed E-state index contributed by atoms with van der Waals surface area (Å²) in [6.45, 7) is 7.79. The second-order valence-corrected chi connectivity index (χ2v) is 6.84. The van der Waals surface area contributed by atoms with E-state index in [0.717, 1.165) is 31.2 Å². The van der Waals surface area contributed by atoms with E-state index < -0.39 is 0 Å². The largest absolute Gasteiger partial charge is 0.309 e. The summed E-state index contributed by atoms with van der Waals surface area (Å²) in [6.07, 6.45) is 9.09. The first-order chi connectivity index (χ1) is 9.80. The van der Waals surface area contributed by atoms with E-state index in [1.165, 1.54) is 42.7 Å². The molecule has 3 nitrogen and oxygen atoms in total. The zero-order valence-electron chi connectivity index (χ0n) is 13.2. The molecule has 0 aromatic carbocycles. The molecule has 0 spiro atoms. The van der Waals surface area contributed by atoms with Gasteiger partial charge in [0.1, 0.15) is 0 Å². The average molecular weight is 295 g/mol. The second kappa shape index (κ2) is 8.08. The molecule has 20 heavy (non-hydrogen) atoms. The second-order valence-electron chi connectivity index (χ2n) is 6.06. The van der Waals surface area contributed by atoms with Crippen LogP contribution in [0.1, 0.15) is 75.9 Å². The van der Waals surface area contributed by atoms with Crippen molar-refractivity contribution in [1.29, 1.82) is 0 Å². The lowest BCUT2D eigenvalue weighted by atomic mass is 9.77. The molecule has 0 aliphatic heterocycles. The van der Waals surface area contributed by atoms with E-state index in [1.807, 2.05) is 0 Å². The fourth-order valence-corrected chi connectivity index (χ4v) is 4.35. The summed E-state index contributed by atoms with van der Waals surface area (Å²) in [4.78, 5) is 1.41. The Bertz CT molecular complexity index is 383. The van der Waals surface area contributed by atoms with Crippen LogP contribution in [0.15, 0.2) is 0 Å². The third-order valence-electron chi connectivity index (χ3n) is 4.72. The molecule has 1 atom stereocenters. The van der Waals surface area contributed by atoms with Crippen LogP contribution in [-0.2, 0) is 6.42 Å². The minimum Gasteiger partial charge on any atom is -0.309 e. The highest BCUT2D eigenvalue weighted by molar-refractivity contribution is 7.05. The van der Waals surface area contributed by atoms with Crippen LogP contribution >= 0.6 is 11.5 Å². The molecule has 1 unspecified atom stereocenters. The van der Waals surface area contributed by atoms with Crippen molar-refractivity contribution in [3.63, 3.8) is 0 Å². The smallest absolute Gasteiger partial charge is 0.0803 e. The summed E-state index contributed by atoms with van der Waals surface area (Å²) < 4.78 is 4.22. The molecule has 1 aliphatic carbocycles. The molecule has 1 N–H and O–H groups in total. The highest BCUT2D eigenvalue weighted by Gasteiger charge is 2.30. The van der Waals surface area contributed by atoms with Crippen LogP contribution in [0.3, 0.4) is 0 Å². The van der Waals surface area contributed by atoms with E-state index >= 15 is 0 Å². The Morgan fingerprint density at radius 3 is 2.55 bits per heavy atom. The first kappa shape index (κ1) is 15.9. The lowest BCUT2D eigenvalue weighted by Crippen LogP contribution is -2.31. The molecule has 1 aromatic rings. The summed E-state index contributed by atoms with van der Waals surface area (Å²) in [5, 5.41) is 8.08. The highest BCUT2D eigenvalue weighted by Crippen LogP contribution is 2.39. The van der Waals surface area contributed by atoms with Gasteiger partial charge in [0.05, 0.1) is 10.6 Å². The molecule has 2 rings (SSSR count). The summed E-state index contributed by atoms with van der Waals surface area (Å²) in [6, 6.07) is 0.486. The molecule has 1 fully saturated rings. The molecular formula is C16H29N3S. The summed E-state index contributed by atoms with van der Waals surface area (Å²) in [5.41, 5.74) is 1.24. The standard InChI is InChI=1S/C16H29N3S/c1-4-7-14-16(20-19-18-14)15(17-6-3)13-10-8-12(5-2)9-11-13/h12-13,15,17H,4-11H2,1-3H3. The predicted octanol–water partition coefficient (Wildman–Crippen LogP) is 4.36. The number of hydrogen-bond donors (Lipinski definition) is 1. The van der Waals surface area contributed by atoms with Gasteiger partial charge in [-0.05, 0) is 49.2 Å². The van der Waals surface area contributed by atoms with Crippen molar-refractivity contribution in [2.24, 2.45) is 11.8 Å². The summed E-state index contributed by atoms with van der Waals surface area (Å²) in [5.74, 6) is 1.74. The van der Waals surface area contributed by atoms with Crippen LogP contribution in [0.2, 0.25) is 0 Å². The Morgan fingerprint density at radius 1 is 1.20 bits per heavy atom. The van der Waals surface area contributed by atoms with Gasteiger partial charge in [-0.2, -0.15) is 0 Å². The third kappa shape index (κ3) is 3.79. The van der Waals surface area contributed by atoms with Crippen LogP contribution in [0.4, 0.5) is 0 Å². The van der Waals surface area contributed by atoms with Gasteiger partial charge < -0.3 is 5.32 Å². The quantitative estimate of drug-likeness (QED) is 0.812. The molecule has 1 aromatic heterocycles. The maximum absolute atomic E-state index is 4.36. The number of nitrogens with zero attached hydrogens (tertiary/aromatic N) is 2. The van der Waals surface area contributed by atoms with Gasteiger partial charge in [0, 0.05) is 6.04 Å². The number of aryl methyl sites for hydroxylation is 1. The lowest BCUT2D eigenvalue weighted by molar-refractivity contribution is 0.221. The SMILES string of the molecule is CCCc1nnsc1C(NCC)C1CCC(CC)CC1. The monoisotopic (exact) mass is 295 g/mol. The Morgan fingerprint density at radius 2 is 1.95 bits per heavy atom. The molecule has 0 radical (unpaired) electrons. The zero-order chi connectivity index (χ0) is 14.4. The van der Waals surface area contributed by atoms with Crippen molar-refractivity contribution < 1.29 is 0 Å². The van der Waals surface area contributed by atoms with Gasteiger partial charge in [-0.1, -0.05) is 50.9 Å². The first-order valence-electron chi connectivity index (χ1n) is 8.34. The van der Waals surface area contributed by atoms with Crippen molar-refractivity contribution in [3.8, 4) is 0 Å². The van der Waals surface area contributed by atoms with Crippen molar-refractivity contribution in [3.05, 3.63) is 10.6 Å². The van der Waals surface area contributed by atoms with Crippen LogP contribution in [0.25, 0.3) is 0 Å². The maximum Gasteiger partial charge on any atom is 0.0803 e. The molecule has 1 heterocycles. The van der Waals surface area contributed by atoms with Crippen LogP contribution in [-0.4, -0.2) is 16.1 Å². The van der Waals surface area contributed by atoms with Crippen LogP contribution in [0, 0.1) is 11.8 Å². The van der Waals surface area contributed by atoms with Gasteiger partial charge >= 0.3 is 0 Å². The van der Waals surface area contributed by atoms with Gasteiger partial charge in [-0.25, -0.2) is 0 Å². The molecule has 1 aliphatic rings. The van der Waals surface area contributed by atoms with Gasteiger partial charge in [0.25, 0.3) is 0 Å². The fourth-order valence-electron chi connectivity index (χ4n) is 3.49. The number of rotatable bonds is 7.